The third-order valence-electron chi connectivity index (χ3n) is 2.86. The Labute approximate surface area is 115 Å². The fourth-order valence-corrected chi connectivity index (χ4v) is 1.86. The predicted molar refractivity (Wildman–Crippen MR) is 68.3 cm³/mol. The number of halogens is 3. The second-order valence-electron chi connectivity index (χ2n) is 4.21. The van der Waals surface area contributed by atoms with Gasteiger partial charge in [-0.15, -0.1) is 0 Å². The maximum absolute atomic E-state index is 12.3. The van der Waals surface area contributed by atoms with Crippen molar-refractivity contribution in [3.05, 3.63) is 17.7 Å². The monoisotopic (exact) mass is 293 g/mol. The van der Waals surface area contributed by atoms with Gasteiger partial charge in [0.25, 0.3) is 0 Å². The van der Waals surface area contributed by atoms with Gasteiger partial charge < -0.3 is 19.9 Å². The Morgan fingerprint density at radius 3 is 1.90 bits per heavy atom. The van der Waals surface area contributed by atoms with Crippen LogP contribution in [-0.2, 0) is 0 Å². The molecule has 0 aliphatic rings. The van der Waals surface area contributed by atoms with E-state index in [1.54, 1.807) is 12.1 Å². The highest BCUT2D eigenvalue weighted by molar-refractivity contribution is 5.52. The fraction of sp³-hybridized carbons (Fsp3) is 0.538. The van der Waals surface area contributed by atoms with Crippen molar-refractivity contribution >= 4 is 0 Å². The van der Waals surface area contributed by atoms with Crippen molar-refractivity contribution < 1.29 is 27.4 Å². The Bertz CT molecular complexity index is 424. The summed E-state index contributed by atoms with van der Waals surface area (Å²) in [6, 6.07) is 2.28. The van der Waals surface area contributed by atoms with Crippen LogP contribution in [-0.4, -0.2) is 27.5 Å². The van der Waals surface area contributed by atoms with Gasteiger partial charge in [-0.2, -0.15) is 13.2 Å². The van der Waals surface area contributed by atoms with Crippen LogP contribution in [0.1, 0.15) is 24.4 Å². The molecule has 0 aliphatic heterocycles. The number of hydrogen-bond donors (Lipinski definition) is 1. The quantitative estimate of drug-likeness (QED) is 0.876. The lowest BCUT2D eigenvalue weighted by molar-refractivity contribution is -0.136. The van der Waals surface area contributed by atoms with Crippen molar-refractivity contribution in [2.24, 2.45) is 5.73 Å². The SMILES string of the molecule is COc1cc(OC)c(C(N)CCC(F)(F)F)c(OC)c1. The van der Waals surface area contributed by atoms with Crippen molar-refractivity contribution in [1.82, 2.24) is 0 Å². The first-order valence-electron chi connectivity index (χ1n) is 5.94. The van der Waals surface area contributed by atoms with Crippen molar-refractivity contribution in [3.63, 3.8) is 0 Å². The zero-order chi connectivity index (χ0) is 15.3. The van der Waals surface area contributed by atoms with Crippen LogP contribution >= 0.6 is 0 Å². The summed E-state index contributed by atoms with van der Waals surface area (Å²) in [6.45, 7) is 0. The number of methoxy groups -OCH3 is 3. The average Bonchev–Trinajstić information content (AvgIpc) is 2.42. The van der Waals surface area contributed by atoms with Crippen molar-refractivity contribution in [2.75, 3.05) is 21.3 Å². The zero-order valence-corrected chi connectivity index (χ0v) is 11.6. The second kappa shape index (κ2) is 6.69. The minimum Gasteiger partial charge on any atom is -0.496 e. The van der Waals surface area contributed by atoms with E-state index in [-0.39, 0.29) is 6.42 Å². The van der Waals surface area contributed by atoms with Gasteiger partial charge in [0, 0.05) is 24.6 Å². The molecule has 2 N–H and O–H groups in total. The molecule has 0 aromatic heterocycles. The van der Waals surface area contributed by atoms with Gasteiger partial charge in [-0.05, 0) is 6.42 Å². The lowest BCUT2D eigenvalue weighted by atomic mass is 10.00. The summed E-state index contributed by atoms with van der Waals surface area (Å²) in [7, 11) is 4.29. The number of ether oxygens (including phenoxy) is 3. The lowest BCUT2D eigenvalue weighted by Crippen LogP contribution is -2.17. The highest BCUT2D eigenvalue weighted by atomic mass is 19.4. The molecule has 7 heteroatoms. The van der Waals surface area contributed by atoms with E-state index in [0.717, 1.165) is 0 Å². The molecule has 0 fully saturated rings. The molecule has 1 atom stereocenters. The van der Waals surface area contributed by atoms with E-state index in [2.05, 4.69) is 0 Å². The van der Waals surface area contributed by atoms with Crippen LogP contribution in [0.2, 0.25) is 0 Å². The Kier molecular flexibility index (Phi) is 5.50. The van der Waals surface area contributed by atoms with Gasteiger partial charge >= 0.3 is 6.18 Å². The molecule has 0 amide bonds. The van der Waals surface area contributed by atoms with Crippen LogP contribution in [0.5, 0.6) is 17.2 Å². The molecular formula is C13H18F3NO3. The summed E-state index contributed by atoms with van der Waals surface area (Å²) < 4.78 is 52.2. The Morgan fingerprint density at radius 2 is 1.55 bits per heavy atom. The van der Waals surface area contributed by atoms with Crippen molar-refractivity contribution in [3.8, 4) is 17.2 Å². The first kappa shape index (κ1) is 16.4. The van der Waals surface area contributed by atoms with Gasteiger partial charge in [-0.1, -0.05) is 0 Å². The normalized spacial score (nSPS) is 12.9. The van der Waals surface area contributed by atoms with E-state index in [1.165, 1.54) is 21.3 Å². The minimum atomic E-state index is -4.25. The summed E-state index contributed by atoms with van der Waals surface area (Å²) in [5.41, 5.74) is 6.25. The van der Waals surface area contributed by atoms with Crippen LogP contribution in [0, 0.1) is 0 Å². The molecule has 1 rings (SSSR count). The molecule has 1 unspecified atom stereocenters. The third-order valence-corrected chi connectivity index (χ3v) is 2.86. The van der Waals surface area contributed by atoms with Crippen LogP contribution in [0.3, 0.4) is 0 Å². The van der Waals surface area contributed by atoms with Gasteiger partial charge in [0.15, 0.2) is 0 Å². The molecule has 0 heterocycles. The molecule has 1 aromatic carbocycles. The van der Waals surface area contributed by atoms with E-state index >= 15 is 0 Å². The molecule has 1 aromatic rings. The van der Waals surface area contributed by atoms with Crippen molar-refractivity contribution in [2.45, 2.75) is 25.1 Å². The molecule has 0 radical (unpaired) electrons. The molecule has 0 bridgehead atoms. The summed E-state index contributed by atoms with van der Waals surface area (Å²) >= 11 is 0. The summed E-state index contributed by atoms with van der Waals surface area (Å²) in [6.07, 6.45) is -5.46. The lowest BCUT2D eigenvalue weighted by Gasteiger charge is -2.20. The maximum atomic E-state index is 12.3. The molecule has 0 saturated heterocycles. The average molecular weight is 293 g/mol. The number of alkyl halides is 3. The van der Waals surface area contributed by atoms with E-state index in [9.17, 15) is 13.2 Å². The highest BCUT2D eigenvalue weighted by Crippen LogP contribution is 2.39. The second-order valence-corrected chi connectivity index (χ2v) is 4.21. The summed E-state index contributed by atoms with van der Waals surface area (Å²) in [5.74, 6) is 1.16. The number of nitrogens with two attached hydrogens (primary N) is 1. The van der Waals surface area contributed by atoms with Gasteiger partial charge in [-0.25, -0.2) is 0 Å². The third kappa shape index (κ3) is 4.19. The van der Waals surface area contributed by atoms with E-state index in [4.69, 9.17) is 19.9 Å². The van der Waals surface area contributed by atoms with Gasteiger partial charge in [-0.3, -0.25) is 0 Å². The Balaban J connectivity index is 3.08. The van der Waals surface area contributed by atoms with E-state index in [1.807, 2.05) is 0 Å². The standard InChI is InChI=1S/C13H18F3NO3/c1-18-8-6-10(19-2)12(11(7-8)20-3)9(17)4-5-13(14,15)16/h6-7,9H,4-5,17H2,1-3H3. The smallest absolute Gasteiger partial charge is 0.389 e. The molecule has 20 heavy (non-hydrogen) atoms. The molecule has 0 spiro atoms. The highest BCUT2D eigenvalue weighted by Gasteiger charge is 2.29. The first-order valence-corrected chi connectivity index (χ1v) is 5.94. The predicted octanol–water partition coefficient (Wildman–Crippen LogP) is 3.05. The molecule has 4 nitrogen and oxygen atoms in total. The maximum Gasteiger partial charge on any atom is 0.389 e. The number of benzene rings is 1. The van der Waals surface area contributed by atoms with E-state index < -0.39 is 18.6 Å². The fourth-order valence-electron chi connectivity index (χ4n) is 1.86. The van der Waals surface area contributed by atoms with Crippen LogP contribution in [0.25, 0.3) is 0 Å². The summed E-state index contributed by atoms with van der Waals surface area (Å²) in [5, 5.41) is 0. The molecule has 114 valence electrons. The van der Waals surface area contributed by atoms with Gasteiger partial charge in [0.1, 0.15) is 17.2 Å². The minimum absolute atomic E-state index is 0.247. The van der Waals surface area contributed by atoms with Gasteiger partial charge in [0.05, 0.1) is 26.9 Å². The largest absolute Gasteiger partial charge is 0.496 e. The molecular weight excluding hydrogens is 275 g/mol. The van der Waals surface area contributed by atoms with Crippen molar-refractivity contribution in [1.29, 1.82) is 0 Å². The number of rotatable bonds is 6. The Morgan fingerprint density at radius 1 is 1.05 bits per heavy atom. The zero-order valence-electron chi connectivity index (χ0n) is 11.6. The van der Waals surface area contributed by atoms with Crippen LogP contribution < -0.4 is 19.9 Å². The summed E-state index contributed by atoms with van der Waals surface area (Å²) in [4.78, 5) is 0. The first-order chi connectivity index (χ1) is 9.32. The molecule has 0 aliphatic carbocycles. The van der Waals surface area contributed by atoms with Crippen LogP contribution in [0.15, 0.2) is 12.1 Å². The topological polar surface area (TPSA) is 53.7 Å². The van der Waals surface area contributed by atoms with E-state index in [0.29, 0.717) is 22.8 Å². The van der Waals surface area contributed by atoms with Gasteiger partial charge in [0.2, 0.25) is 0 Å². The Hall–Kier alpha value is -1.63. The molecule has 0 saturated carbocycles. The number of hydrogen-bond acceptors (Lipinski definition) is 4. The van der Waals surface area contributed by atoms with Crippen LogP contribution in [0.4, 0.5) is 13.2 Å².